The first-order valence-corrected chi connectivity index (χ1v) is 11.4. The van der Waals surface area contributed by atoms with Crippen LogP contribution in [0.3, 0.4) is 0 Å². The lowest BCUT2D eigenvalue weighted by molar-refractivity contribution is -0.143. The van der Waals surface area contributed by atoms with Crippen LogP contribution in [0.4, 0.5) is 37.7 Å². The van der Waals surface area contributed by atoms with Crippen molar-refractivity contribution >= 4 is 27.3 Å². The summed E-state index contributed by atoms with van der Waals surface area (Å²) in [5.41, 5.74) is -2.89. The summed E-state index contributed by atoms with van der Waals surface area (Å²) < 4.78 is 106. The minimum Gasteiger partial charge on any atom is -0.322 e. The predicted molar refractivity (Wildman–Crippen MR) is 118 cm³/mol. The quantitative estimate of drug-likeness (QED) is 0.386. The van der Waals surface area contributed by atoms with Crippen molar-refractivity contribution in [2.75, 3.05) is 10.0 Å². The zero-order valence-electron chi connectivity index (χ0n) is 18.2. The van der Waals surface area contributed by atoms with Crippen LogP contribution in [0, 0.1) is 13.8 Å². The van der Waals surface area contributed by atoms with E-state index in [0.29, 0.717) is 12.1 Å². The van der Waals surface area contributed by atoms with Gasteiger partial charge in [0, 0.05) is 16.9 Å². The Morgan fingerprint density at radius 2 is 1.37 bits per heavy atom. The number of anilines is 2. The van der Waals surface area contributed by atoms with Crippen molar-refractivity contribution in [3.8, 4) is 0 Å². The summed E-state index contributed by atoms with van der Waals surface area (Å²) >= 11 is 0. The first-order valence-electron chi connectivity index (χ1n) is 9.87. The maximum atomic E-state index is 13.1. The molecular weight excluding hydrogens is 498 g/mol. The average molecular weight is 516 g/mol. The molecule has 3 aromatic rings. The van der Waals surface area contributed by atoms with Crippen molar-refractivity contribution in [1.29, 1.82) is 0 Å². The lowest BCUT2D eigenvalue weighted by Gasteiger charge is -2.16. The molecule has 2 N–H and O–H groups in total. The molecular formula is C23H18F6N2O3S. The number of benzene rings is 3. The Kier molecular flexibility index (Phi) is 6.89. The van der Waals surface area contributed by atoms with Crippen molar-refractivity contribution in [2.24, 2.45) is 0 Å². The van der Waals surface area contributed by atoms with Gasteiger partial charge in [0.05, 0.1) is 16.0 Å². The number of aryl methyl sites for hydroxylation is 2. The number of rotatable bonds is 5. The van der Waals surface area contributed by atoms with Gasteiger partial charge in [-0.2, -0.15) is 26.3 Å². The van der Waals surface area contributed by atoms with Crippen molar-refractivity contribution < 1.29 is 39.6 Å². The fraction of sp³-hybridized carbons (Fsp3) is 0.174. The Labute approximate surface area is 196 Å². The summed E-state index contributed by atoms with van der Waals surface area (Å²) in [4.78, 5) is 12.4. The first-order chi connectivity index (χ1) is 16.1. The van der Waals surface area contributed by atoms with Gasteiger partial charge in [-0.3, -0.25) is 9.52 Å². The number of sulfonamides is 1. The van der Waals surface area contributed by atoms with E-state index in [2.05, 4.69) is 4.72 Å². The molecule has 0 spiro atoms. The SMILES string of the molecule is Cc1cccc(NS(=O)(=O)c2ccc(C)c(C(=O)Nc3cc(C(F)(F)F)cc(C(F)(F)F)c3)c2)c1. The van der Waals surface area contributed by atoms with Crippen LogP contribution in [-0.4, -0.2) is 14.3 Å². The van der Waals surface area contributed by atoms with E-state index >= 15 is 0 Å². The van der Waals surface area contributed by atoms with E-state index in [9.17, 15) is 39.6 Å². The normalized spacial score (nSPS) is 12.3. The second kappa shape index (κ2) is 9.25. The second-order valence-corrected chi connectivity index (χ2v) is 9.38. The molecule has 0 heterocycles. The third-order valence-corrected chi connectivity index (χ3v) is 6.26. The van der Waals surface area contributed by atoms with Crippen LogP contribution >= 0.6 is 0 Å². The smallest absolute Gasteiger partial charge is 0.322 e. The van der Waals surface area contributed by atoms with Crippen molar-refractivity contribution in [2.45, 2.75) is 31.1 Å². The average Bonchev–Trinajstić information content (AvgIpc) is 2.72. The summed E-state index contributed by atoms with van der Waals surface area (Å²) in [5, 5.41) is 2.01. The third kappa shape index (κ3) is 6.32. The van der Waals surface area contributed by atoms with E-state index in [4.69, 9.17) is 0 Å². The minimum absolute atomic E-state index is 0.0644. The lowest BCUT2D eigenvalue weighted by atomic mass is 10.1. The lowest BCUT2D eigenvalue weighted by Crippen LogP contribution is -2.18. The molecule has 0 radical (unpaired) electrons. The predicted octanol–water partition coefficient (Wildman–Crippen LogP) is 6.39. The standard InChI is InChI=1S/C23H18F6N2O3S/c1-13-4-3-5-17(8-13)31-35(33,34)19-7-6-14(2)20(12-19)21(32)30-18-10-15(22(24,25)26)9-16(11-18)23(27,28)29/h3-12,31H,1-2H3,(H,30,32). The highest BCUT2D eigenvalue weighted by Gasteiger charge is 2.37. The molecule has 186 valence electrons. The van der Waals surface area contributed by atoms with Crippen LogP contribution in [0.5, 0.6) is 0 Å². The molecule has 0 atom stereocenters. The Morgan fingerprint density at radius 3 is 1.91 bits per heavy atom. The van der Waals surface area contributed by atoms with Gasteiger partial charge >= 0.3 is 12.4 Å². The van der Waals surface area contributed by atoms with E-state index in [1.165, 1.54) is 25.1 Å². The zero-order chi connectivity index (χ0) is 26.2. The summed E-state index contributed by atoms with van der Waals surface area (Å²) in [6.07, 6.45) is -10.2. The zero-order valence-corrected chi connectivity index (χ0v) is 19.0. The van der Waals surface area contributed by atoms with Gasteiger partial charge in [-0.25, -0.2) is 8.42 Å². The van der Waals surface area contributed by atoms with Crippen molar-refractivity contribution in [1.82, 2.24) is 0 Å². The van der Waals surface area contributed by atoms with Crippen molar-refractivity contribution in [3.05, 3.63) is 88.5 Å². The van der Waals surface area contributed by atoms with Gasteiger partial charge in [-0.15, -0.1) is 0 Å². The maximum absolute atomic E-state index is 13.1. The van der Waals surface area contributed by atoms with Gasteiger partial charge in [0.15, 0.2) is 0 Å². The fourth-order valence-electron chi connectivity index (χ4n) is 3.16. The molecule has 0 fully saturated rings. The molecule has 3 rings (SSSR count). The van der Waals surface area contributed by atoms with Crippen LogP contribution in [0.2, 0.25) is 0 Å². The number of amides is 1. The molecule has 1 amide bonds. The van der Waals surface area contributed by atoms with Gasteiger partial charge in [0.1, 0.15) is 0 Å². The molecule has 0 bridgehead atoms. The molecule has 0 unspecified atom stereocenters. The van der Waals surface area contributed by atoms with Crippen LogP contribution in [-0.2, 0) is 22.4 Å². The number of carbonyl (C=O) groups is 1. The molecule has 0 saturated heterocycles. The Hall–Kier alpha value is -3.54. The molecule has 0 aliphatic rings. The van der Waals surface area contributed by atoms with Gasteiger partial charge in [0.25, 0.3) is 15.9 Å². The number of alkyl halides is 6. The van der Waals surface area contributed by atoms with Crippen LogP contribution in [0.1, 0.15) is 32.6 Å². The molecule has 3 aromatic carbocycles. The molecule has 35 heavy (non-hydrogen) atoms. The van der Waals surface area contributed by atoms with E-state index in [1.807, 2.05) is 5.32 Å². The third-order valence-electron chi connectivity index (χ3n) is 4.88. The van der Waals surface area contributed by atoms with Crippen LogP contribution in [0.15, 0.2) is 65.6 Å². The summed E-state index contributed by atoms with van der Waals surface area (Å²) in [6.45, 7) is 3.19. The first kappa shape index (κ1) is 26.1. The molecule has 0 aliphatic heterocycles. The highest BCUT2D eigenvalue weighted by atomic mass is 32.2. The van der Waals surface area contributed by atoms with Crippen LogP contribution < -0.4 is 10.0 Å². The minimum atomic E-state index is -5.09. The molecule has 12 heteroatoms. The van der Waals surface area contributed by atoms with E-state index in [1.54, 1.807) is 25.1 Å². The van der Waals surface area contributed by atoms with Crippen LogP contribution in [0.25, 0.3) is 0 Å². The number of carbonyl (C=O) groups excluding carboxylic acids is 1. The molecule has 0 saturated carbocycles. The molecule has 0 aromatic heterocycles. The van der Waals surface area contributed by atoms with Crippen molar-refractivity contribution in [3.63, 3.8) is 0 Å². The van der Waals surface area contributed by atoms with Gasteiger partial charge in [-0.05, 0) is 67.4 Å². The second-order valence-electron chi connectivity index (χ2n) is 7.70. The number of nitrogens with one attached hydrogen (secondary N) is 2. The molecule has 5 nitrogen and oxygen atoms in total. The number of hydrogen-bond acceptors (Lipinski definition) is 3. The van der Waals surface area contributed by atoms with Gasteiger partial charge in [0.2, 0.25) is 0 Å². The summed E-state index contributed by atoms with van der Waals surface area (Å²) in [5.74, 6) is -1.08. The number of halogens is 6. The largest absolute Gasteiger partial charge is 0.416 e. The maximum Gasteiger partial charge on any atom is 0.416 e. The summed E-state index contributed by atoms with van der Waals surface area (Å²) in [6, 6.07) is 10.6. The van der Waals surface area contributed by atoms with Gasteiger partial charge in [-0.1, -0.05) is 18.2 Å². The highest BCUT2D eigenvalue weighted by Crippen LogP contribution is 2.37. The topological polar surface area (TPSA) is 75.3 Å². The summed E-state index contributed by atoms with van der Waals surface area (Å²) in [7, 11) is -4.16. The van der Waals surface area contributed by atoms with E-state index in [-0.39, 0.29) is 27.8 Å². The number of hydrogen-bond donors (Lipinski definition) is 2. The van der Waals surface area contributed by atoms with Gasteiger partial charge < -0.3 is 5.32 Å². The highest BCUT2D eigenvalue weighted by molar-refractivity contribution is 7.92. The van der Waals surface area contributed by atoms with E-state index in [0.717, 1.165) is 11.6 Å². The Morgan fingerprint density at radius 1 is 0.771 bits per heavy atom. The fourth-order valence-corrected chi connectivity index (χ4v) is 4.24. The Balaban J connectivity index is 1.95. The molecule has 0 aliphatic carbocycles. The monoisotopic (exact) mass is 516 g/mol. The van der Waals surface area contributed by atoms with E-state index < -0.39 is 45.1 Å². The Bertz CT molecular complexity index is 1350.